The highest BCUT2D eigenvalue weighted by Gasteiger charge is 2.19. The summed E-state index contributed by atoms with van der Waals surface area (Å²) in [5, 5.41) is 0.426. The number of amides is 1. The summed E-state index contributed by atoms with van der Waals surface area (Å²) in [5.74, 6) is -0.612. The van der Waals surface area contributed by atoms with E-state index in [9.17, 15) is 13.2 Å². The van der Waals surface area contributed by atoms with Crippen LogP contribution in [0.5, 0.6) is 0 Å². The molecule has 0 saturated carbocycles. The lowest BCUT2D eigenvalue weighted by molar-refractivity contribution is -0.684. The summed E-state index contributed by atoms with van der Waals surface area (Å²) in [6.07, 6.45) is 3.42. The van der Waals surface area contributed by atoms with Crippen molar-refractivity contribution in [1.29, 1.82) is 0 Å². The lowest BCUT2D eigenvalue weighted by Crippen LogP contribution is -2.44. The molecule has 0 spiro atoms. The van der Waals surface area contributed by atoms with E-state index >= 15 is 0 Å². The van der Waals surface area contributed by atoms with Crippen LogP contribution in [0.2, 0.25) is 5.02 Å². The van der Waals surface area contributed by atoms with E-state index < -0.39 is 15.9 Å². The van der Waals surface area contributed by atoms with Gasteiger partial charge in [0.05, 0.1) is 4.90 Å². The summed E-state index contributed by atoms with van der Waals surface area (Å²) in [6.45, 7) is 1.85. The Morgan fingerprint density at radius 2 is 1.71 bits per heavy atom. The Labute approximate surface area is 128 Å². The van der Waals surface area contributed by atoms with E-state index in [-0.39, 0.29) is 11.4 Å². The van der Waals surface area contributed by atoms with Gasteiger partial charge in [-0.2, -0.15) is 4.57 Å². The lowest BCUT2D eigenvalue weighted by Gasteiger charge is -2.05. The van der Waals surface area contributed by atoms with Crippen LogP contribution < -0.4 is 9.29 Å². The van der Waals surface area contributed by atoms with Gasteiger partial charge < -0.3 is 0 Å². The van der Waals surface area contributed by atoms with E-state index in [1.54, 1.807) is 17.0 Å². The van der Waals surface area contributed by atoms with Crippen LogP contribution in [0.15, 0.2) is 53.7 Å². The van der Waals surface area contributed by atoms with Gasteiger partial charge in [-0.1, -0.05) is 11.6 Å². The molecule has 0 aliphatic carbocycles. The number of hydrogen-bond donors (Lipinski definition) is 1. The maximum absolute atomic E-state index is 12.0. The van der Waals surface area contributed by atoms with Gasteiger partial charge in [-0.15, -0.1) is 0 Å². The quantitative estimate of drug-likeness (QED) is 0.865. The highest BCUT2D eigenvalue weighted by molar-refractivity contribution is 7.90. The van der Waals surface area contributed by atoms with Crippen molar-refractivity contribution >= 4 is 27.5 Å². The first-order valence-electron chi connectivity index (χ1n) is 6.14. The zero-order valence-corrected chi connectivity index (χ0v) is 12.9. The molecule has 1 N–H and O–H groups in total. The number of nitrogens with zero attached hydrogens (tertiary/aromatic N) is 1. The molecular weight excluding hydrogens is 312 g/mol. The van der Waals surface area contributed by atoms with E-state index in [2.05, 4.69) is 0 Å². The SMILES string of the molecule is Cc1cc[n+](CC(=O)NS(=O)(=O)c2ccc(Cl)cc2)cc1. The molecule has 1 aromatic heterocycles. The summed E-state index contributed by atoms with van der Waals surface area (Å²) in [4.78, 5) is 11.8. The topological polar surface area (TPSA) is 67.1 Å². The molecule has 0 radical (unpaired) electrons. The number of carbonyl (C=O) groups is 1. The van der Waals surface area contributed by atoms with Crippen molar-refractivity contribution in [3.63, 3.8) is 0 Å². The Morgan fingerprint density at radius 3 is 2.29 bits per heavy atom. The number of rotatable bonds is 4. The van der Waals surface area contributed by atoms with Crippen LogP contribution in [0.3, 0.4) is 0 Å². The Bertz CT molecular complexity index is 741. The average molecular weight is 326 g/mol. The standard InChI is InChI=1S/C14H13ClN2O3S/c1-11-6-8-17(9-7-11)10-14(18)16-21(19,20)13-4-2-12(15)3-5-13/h2-9H,10H2,1H3/p+1. The van der Waals surface area contributed by atoms with E-state index in [1.165, 1.54) is 24.3 Å². The molecule has 0 unspecified atom stereocenters. The molecule has 0 bridgehead atoms. The Balaban J connectivity index is 2.07. The third-order valence-corrected chi connectivity index (χ3v) is 4.40. The molecule has 5 nitrogen and oxygen atoms in total. The predicted octanol–water partition coefficient (Wildman–Crippen LogP) is 1.44. The number of hydrogen-bond acceptors (Lipinski definition) is 3. The Morgan fingerprint density at radius 1 is 1.14 bits per heavy atom. The second-order valence-corrected chi connectivity index (χ2v) is 6.65. The molecule has 21 heavy (non-hydrogen) atoms. The van der Waals surface area contributed by atoms with Crippen LogP contribution in [0.4, 0.5) is 0 Å². The number of benzene rings is 1. The molecule has 2 rings (SSSR count). The molecule has 0 aliphatic heterocycles. The number of aryl methyl sites for hydroxylation is 1. The summed E-state index contributed by atoms with van der Waals surface area (Å²) in [6, 6.07) is 9.26. The highest BCUT2D eigenvalue weighted by atomic mass is 35.5. The zero-order chi connectivity index (χ0) is 15.5. The molecule has 1 aromatic carbocycles. The Hall–Kier alpha value is -1.92. The van der Waals surface area contributed by atoms with Crippen LogP contribution in [-0.2, 0) is 21.4 Å². The van der Waals surface area contributed by atoms with Crippen LogP contribution in [-0.4, -0.2) is 14.3 Å². The molecule has 1 heterocycles. The smallest absolute Gasteiger partial charge is 0.267 e. The third kappa shape index (κ3) is 4.27. The van der Waals surface area contributed by atoms with Crippen molar-refractivity contribution in [3.05, 3.63) is 59.4 Å². The predicted molar refractivity (Wildman–Crippen MR) is 78.2 cm³/mol. The van der Waals surface area contributed by atoms with Crippen molar-refractivity contribution in [3.8, 4) is 0 Å². The fourth-order valence-corrected chi connectivity index (χ4v) is 2.76. The van der Waals surface area contributed by atoms with Crippen molar-refractivity contribution < 1.29 is 17.8 Å². The maximum atomic E-state index is 12.0. The summed E-state index contributed by atoms with van der Waals surface area (Å²) in [7, 11) is -3.88. The molecule has 0 atom stereocenters. The Kier molecular flexibility index (Phi) is 4.59. The average Bonchev–Trinajstić information content (AvgIpc) is 2.41. The summed E-state index contributed by atoms with van der Waals surface area (Å²) < 4.78 is 27.6. The largest absolute Gasteiger partial charge is 0.299 e. The number of pyridine rings is 1. The number of carbonyl (C=O) groups excluding carboxylic acids is 1. The van der Waals surface area contributed by atoms with Crippen LogP contribution in [0.25, 0.3) is 0 Å². The van der Waals surface area contributed by atoms with E-state index in [1.807, 2.05) is 23.8 Å². The van der Waals surface area contributed by atoms with Crippen LogP contribution in [0, 0.1) is 6.92 Å². The van der Waals surface area contributed by atoms with Crippen molar-refractivity contribution in [2.75, 3.05) is 0 Å². The van der Waals surface area contributed by atoms with Crippen LogP contribution >= 0.6 is 11.6 Å². The molecule has 7 heteroatoms. The van der Waals surface area contributed by atoms with Gasteiger partial charge in [0.25, 0.3) is 15.9 Å². The van der Waals surface area contributed by atoms with Crippen molar-refractivity contribution in [1.82, 2.24) is 4.72 Å². The van der Waals surface area contributed by atoms with Gasteiger partial charge in [0.1, 0.15) is 0 Å². The van der Waals surface area contributed by atoms with Gasteiger partial charge in [0.15, 0.2) is 12.4 Å². The number of halogens is 1. The molecule has 110 valence electrons. The first-order valence-corrected chi connectivity index (χ1v) is 8.00. The van der Waals surface area contributed by atoms with Crippen molar-refractivity contribution in [2.45, 2.75) is 18.4 Å². The van der Waals surface area contributed by atoms with E-state index in [4.69, 9.17) is 11.6 Å². The van der Waals surface area contributed by atoms with Gasteiger partial charge >= 0.3 is 0 Å². The minimum Gasteiger partial charge on any atom is -0.267 e. The van der Waals surface area contributed by atoms with Gasteiger partial charge in [-0.3, -0.25) is 4.79 Å². The third-order valence-electron chi connectivity index (χ3n) is 2.76. The molecule has 0 fully saturated rings. The molecule has 2 aromatic rings. The number of aromatic nitrogens is 1. The zero-order valence-electron chi connectivity index (χ0n) is 11.3. The van der Waals surface area contributed by atoms with E-state index in [0.29, 0.717) is 5.02 Å². The van der Waals surface area contributed by atoms with Crippen molar-refractivity contribution in [2.24, 2.45) is 0 Å². The minimum absolute atomic E-state index is 0.00541. The maximum Gasteiger partial charge on any atom is 0.299 e. The molecule has 1 amide bonds. The number of nitrogens with one attached hydrogen (secondary N) is 1. The summed E-state index contributed by atoms with van der Waals surface area (Å²) in [5.41, 5.74) is 1.06. The fraction of sp³-hybridized carbons (Fsp3) is 0.143. The normalized spacial score (nSPS) is 11.1. The first kappa shape index (κ1) is 15.5. The highest BCUT2D eigenvalue weighted by Crippen LogP contribution is 2.13. The van der Waals surface area contributed by atoms with Gasteiger partial charge in [-0.25, -0.2) is 13.1 Å². The fourth-order valence-electron chi connectivity index (χ4n) is 1.66. The second kappa shape index (κ2) is 6.24. The lowest BCUT2D eigenvalue weighted by atomic mass is 10.3. The molecule has 0 aliphatic rings. The van der Waals surface area contributed by atoms with Gasteiger partial charge in [0.2, 0.25) is 6.54 Å². The minimum atomic E-state index is -3.88. The monoisotopic (exact) mass is 325 g/mol. The number of sulfonamides is 1. The molecule has 0 saturated heterocycles. The second-order valence-electron chi connectivity index (χ2n) is 4.53. The van der Waals surface area contributed by atoms with Gasteiger partial charge in [-0.05, 0) is 36.8 Å². The molecular formula is C14H14ClN2O3S+. The van der Waals surface area contributed by atoms with E-state index in [0.717, 1.165) is 5.56 Å². The first-order chi connectivity index (χ1) is 9.87. The summed E-state index contributed by atoms with van der Waals surface area (Å²) >= 11 is 5.70. The van der Waals surface area contributed by atoms with Crippen LogP contribution in [0.1, 0.15) is 5.56 Å². The van der Waals surface area contributed by atoms with Gasteiger partial charge in [0, 0.05) is 17.2 Å².